The van der Waals surface area contributed by atoms with E-state index >= 15 is 0 Å². The summed E-state index contributed by atoms with van der Waals surface area (Å²) in [5.74, 6) is 0.922. The third-order valence-electron chi connectivity index (χ3n) is 6.23. The minimum atomic E-state index is -0.784. The van der Waals surface area contributed by atoms with Crippen molar-refractivity contribution in [3.63, 3.8) is 0 Å². The lowest BCUT2D eigenvalue weighted by molar-refractivity contribution is -0.139. The van der Waals surface area contributed by atoms with E-state index < -0.39 is 11.6 Å². The Kier molecular flexibility index (Phi) is 5.58. The third-order valence-corrected chi connectivity index (χ3v) is 6.23. The third kappa shape index (κ3) is 3.59. The Hall–Kier alpha value is -2.77. The fourth-order valence-electron chi connectivity index (χ4n) is 4.69. The van der Waals surface area contributed by atoms with Gasteiger partial charge in [0.25, 0.3) is 5.91 Å². The molecule has 2 heterocycles. The molecular formula is C22H29N3O5. The van der Waals surface area contributed by atoms with Gasteiger partial charge in [-0.25, -0.2) is 4.79 Å². The van der Waals surface area contributed by atoms with Crippen molar-refractivity contribution in [2.75, 3.05) is 26.3 Å². The van der Waals surface area contributed by atoms with Crippen LogP contribution in [0.2, 0.25) is 0 Å². The van der Waals surface area contributed by atoms with Crippen molar-refractivity contribution in [1.29, 1.82) is 0 Å². The molecule has 1 aromatic rings. The summed E-state index contributed by atoms with van der Waals surface area (Å²) in [5.41, 5.74) is 1.35. The van der Waals surface area contributed by atoms with Crippen LogP contribution in [-0.2, 0) is 22.6 Å². The van der Waals surface area contributed by atoms with Crippen LogP contribution in [0.25, 0.3) is 0 Å². The van der Waals surface area contributed by atoms with Gasteiger partial charge in [-0.3, -0.25) is 14.5 Å². The SMILES string of the molecule is CCOc1cc2c(cc1OCC)CN(C(=O)CN1C(=O)NC3(CCCC3)C1=O)CC2. The van der Waals surface area contributed by atoms with Crippen molar-refractivity contribution in [3.8, 4) is 11.5 Å². The fourth-order valence-corrected chi connectivity index (χ4v) is 4.69. The van der Waals surface area contributed by atoms with Crippen LogP contribution in [0.1, 0.15) is 50.7 Å². The number of ether oxygens (including phenoxy) is 2. The first-order chi connectivity index (χ1) is 14.5. The number of imide groups is 1. The van der Waals surface area contributed by atoms with E-state index in [0.717, 1.165) is 34.6 Å². The highest BCUT2D eigenvalue weighted by atomic mass is 16.5. The van der Waals surface area contributed by atoms with Crippen molar-refractivity contribution >= 4 is 17.8 Å². The fraction of sp³-hybridized carbons (Fsp3) is 0.591. The van der Waals surface area contributed by atoms with Crippen LogP contribution in [0.3, 0.4) is 0 Å². The lowest BCUT2D eigenvalue weighted by atomic mass is 9.98. The van der Waals surface area contributed by atoms with E-state index in [1.807, 2.05) is 26.0 Å². The maximum Gasteiger partial charge on any atom is 0.325 e. The van der Waals surface area contributed by atoms with Gasteiger partial charge in [0.15, 0.2) is 11.5 Å². The molecule has 0 aromatic heterocycles. The van der Waals surface area contributed by atoms with Crippen LogP contribution >= 0.6 is 0 Å². The summed E-state index contributed by atoms with van der Waals surface area (Å²) in [7, 11) is 0. The van der Waals surface area contributed by atoms with E-state index in [1.165, 1.54) is 0 Å². The quantitative estimate of drug-likeness (QED) is 0.720. The van der Waals surface area contributed by atoms with Crippen molar-refractivity contribution in [1.82, 2.24) is 15.1 Å². The van der Waals surface area contributed by atoms with Gasteiger partial charge in [0.1, 0.15) is 12.1 Å². The largest absolute Gasteiger partial charge is 0.490 e. The molecular weight excluding hydrogens is 386 g/mol. The first-order valence-electron chi connectivity index (χ1n) is 10.8. The molecule has 162 valence electrons. The van der Waals surface area contributed by atoms with Crippen molar-refractivity contribution in [3.05, 3.63) is 23.3 Å². The van der Waals surface area contributed by atoms with Crippen LogP contribution in [0, 0.1) is 0 Å². The summed E-state index contributed by atoms with van der Waals surface area (Å²) in [6.45, 7) is 5.68. The summed E-state index contributed by atoms with van der Waals surface area (Å²) < 4.78 is 11.4. The second-order valence-electron chi connectivity index (χ2n) is 8.11. The molecule has 1 aromatic carbocycles. The maximum atomic E-state index is 12.9. The highest BCUT2D eigenvalue weighted by Gasteiger charge is 2.52. The second-order valence-corrected chi connectivity index (χ2v) is 8.11. The number of rotatable bonds is 6. The van der Waals surface area contributed by atoms with Crippen LogP contribution < -0.4 is 14.8 Å². The zero-order chi connectivity index (χ0) is 21.3. The molecule has 8 heteroatoms. The molecule has 3 aliphatic rings. The minimum absolute atomic E-state index is 0.211. The highest BCUT2D eigenvalue weighted by Crippen LogP contribution is 2.36. The van der Waals surface area contributed by atoms with Gasteiger partial charge in [0.2, 0.25) is 5.91 Å². The van der Waals surface area contributed by atoms with Gasteiger partial charge in [-0.2, -0.15) is 0 Å². The van der Waals surface area contributed by atoms with Crippen molar-refractivity contribution < 1.29 is 23.9 Å². The molecule has 1 saturated heterocycles. The maximum absolute atomic E-state index is 12.9. The summed E-state index contributed by atoms with van der Waals surface area (Å²) >= 11 is 0. The lowest BCUT2D eigenvalue weighted by Crippen LogP contribution is -2.46. The van der Waals surface area contributed by atoms with Crippen LogP contribution in [0.5, 0.6) is 11.5 Å². The molecule has 0 radical (unpaired) electrons. The van der Waals surface area contributed by atoms with Gasteiger partial charge in [0.05, 0.1) is 13.2 Å². The van der Waals surface area contributed by atoms with Crippen LogP contribution in [0.15, 0.2) is 12.1 Å². The number of benzene rings is 1. The molecule has 4 amide bonds. The number of amides is 4. The molecule has 0 atom stereocenters. The predicted molar refractivity (Wildman–Crippen MR) is 109 cm³/mol. The Balaban J connectivity index is 1.46. The molecule has 1 saturated carbocycles. The van der Waals surface area contributed by atoms with E-state index in [0.29, 0.717) is 51.3 Å². The topological polar surface area (TPSA) is 88.2 Å². The van der Waals surface area contributed by atoms with Gasteiger partial charge < -0.3 is 19.7 Å². The van der Waals surface area contributed by atoms with Crippen molar-refractivity contribution in [2.24, 2.45) is 0 Å². The first kappa shape index (κ1) is 20.5. The molecule has 1 N–H and O–H groups in total. The number of carbonyl (C=O) groups excluding carboxylic acids is 3. The Labute approximate surface area is 176 Å². The molecule has 2 fully saturated rings. The van der Waals surface area contributed by atoms with Crippen LogP contribution in [-0.4, -0.2) is 59.5 Å². The molecule has 8 nitrogen and oxygen atoms in total. The number of fused-ring (bicyclic) bond motifs is 1. The molecule has 0 bridgehead atoms. The first-order valence-corrected chi connectivity index (χ1v) is 10.8. The Morgan fingerprint density at radius 2 is 1.70 bits per heavy atom. The Bertz CT molecular complexity index is 863. The number of nitrogens with one attached hydrogen (secondary N) is 1. The minimum Gasteiger partial charge on any atom is -0.490 e. The number of urea groups is 1. The highest BCUT2D eigenvalue weighted by molar-refractivity contribution is 6.09. The van der Waals surface area contributed by atoms with E-state index in [-0.39, 0.29) is 18.4 Å². The number of nitrogens with zero attached hydrogens (tertiary/aromatic N) is 2. The van der Waals surface area contributed by atoms with E-state index in [2.05, 4.69) is 5.32 Å². The zero-order valence-corrected chi connectivity index (χ0v) is 17.7. The van der Waals surface area contributed by atoms with Gasteiger partial charge in [-0.05, 0) is 56.4 Å². The predicted octanol–water partition coefficient (Wildman–Crippen LogP) is 2.23. The Morgan fingerprint density at radius 3 is 2.33 bits per heavy atom. The number of hydrogen-bond acceptors (Lipinski definition) is 5. The molecule has 1 spiro atoms. The molecule has 30 heavy (non-hydrogen) atoms. The van der Waals surface area contributed by atoms with Gasteiger partial charge in [-0.1, -0.05) is 12.8 Å². The number of hydrogen-bond donors (Lipinski definition) is 1. The average molecular weight is 415 g/mol. The lowest BCUT2D eigenvalue weighted by Gasteiger charge is -2.31. The van der Waals surface area contributed by atoms with Gasteiger partial charge in [0, 0.05) is 13.1 Å². The van der Waals surface area contributed by atoms with E-state index in [4.69, 9.17) is 9.47 Å². The second kappa shape index (κ2) is 8.16. The Morgan fingerprint density at radius 1 is 1.07 bits per heavy atom. The summed E-state index contributed by atoms with van der Waals surface area (Å²) in [5, 5.41) is 2.83. The standard InChI is InChI=1S/C22H29N3O5/c1-3-29-17-11-15-7-10-24(13-16(15)12-18(17)30-4-2)19(26)14-25-20(27)22(23-21(25)28)8-5-6-9-22/h11-12H,3-10,13-14H2,1-2H3,(H,23,28). The number of carbonyl (C=O) groups is 3. The van der Waals surface area contributed by atoms with Crippen LogP contribution in [0.4, 0.5) is 4.79 Å². The normalized spacial score (nSPS) is 19.8. The smallest absolute Gasteiger partial charge is 0.325 e. The molecule has 1 aliphatic carbocycles. The van der Waals surface area contributed by atoms with E-state index in [9.17, 15) is 14.4 Å². The van der Waals surface area contributed by atoms with Gasteiger partial charge >= 0.3 is 6.03 Å². The molecule has 0 unspecified atom stereocenters. The summed E-state index contributed by atoms with van der Waals surface area (Å²) in [6, 6.07) is 3.48. The zero-order valence-electron chi connectivity index (χ0n) is 17.7. The van der Waals surface area contributed by atoms with Gasteiger partial charge in [-0.15, -0.1) is 0 Å². The summed E-state index contributed by atoms with van der Waals surface area (Å²) in [4.78, 5) is 40.9. The summed E-state index contributed by atoms with van der Waals surface area (Å²) in [6.07, 6.45) is 3.84. The average Bonchev–Trinajstić information content (AvgIpc) is 3.29. The molecule has 4 rings (SSSR count). The van der Waals surface area contributed by atoms with E-state index in [1.54, 1.807) is 4.90 Å². The molecule has 2 aliphatic heterocycles. The monoisotopic (exact) mass is 415 g/mol. The van der Waals surface area contributed by atoms with Crippen molar-refractivity contribution in [2.45, 2.75) is 58.0 Å².